The highest BCUT2D eigenvalue weighted by Crippen LogP contribution is 2.40. The van der Waals surface area contributed by atoms with Gasteiger partial charge >= 0.3 is 0 Å². The summed E-state index contributed by atoms with van der Waals surface area (Å²) in [5, 5.41) is 0.358. The normalized spacial score (nSPS) is 15.2. The van der Waals surface area contributed by atoms with Crippen LogP contribution in [0.4, 0.5) is 10.5 Å². The number of anilines is 1. The van der Waals surface area contributed by atoms with Gasteiger partial charge in [-0.25, -0.2) is 4.90 Å². The number of carbonyl (C=O) groups excluding carboxylic acids is 2. The molecule has 1 aliphatic heterocycles. The molecule has 8 heteroatoms. The first-order valence-corrected chi connectivity index (χ1v) is 9.66. The number of ether oxygens (including phenoxy) is 2. The lowest BCUT2D eigenvalue weighted by Crippen LogP contribution is -2.27. The number of hydrogen-bond acceptors (Lipinski definition) is 5. The Labute approximate surface area is 176 Å². The van der Waals surface area contributed by atoms with Gasteiger partial charge in [0.25, 0.3) is 11.1 Å². The van der Waals surface area contributed by atoms with E-state index in [9.17, 15) is 9.59 Å². The van der Waals surface area contributed by atoms with Crippen LogP contribution in [0.3, 0.4) is 0 Å². The maximum atomic E-state index is 12.8. The van der Waals surface area contributed by atoms with Crippen LogP contribution in [0, 0.1) is 0 Å². The number of carbonyl (C=O) groups is 2. The molecule has 0 spiro atoms. The molecule has 5 nitrogen and oxygen atoms in total. The van der Waals surface area contributed by atoms with Crippen LogP contribution in [0.15, 0.2) is 54.0 Å². The van der Waals surface area contributed by atoms with Crippen LogP contribution < -0.4 is 14.4 Å². The minimum Gasteiger partial charge on any atom is -0.493 e. The molecule has 0 saturated carbocycles. The molecule has 3 rings (SSSR count). The van der Waals surface area contributed by atoms with E-state index in [1.165, 1.54) is 7.11 Å². The van der Waals surface area contributed by atoms with Crippen molar-refractivity contribution in [2.75, 3.05) is 18.6 Å². The van der Waals surface area contributed by atoms with Crippen molar-refractivity contribution >= 4 is 57.9 Å². The number of thioether (sulfide) groups is 1. The summed E-state index contributed by atoms with van der Waals surface area (Å²) in [6, 6.07) is 9.87. The van der Waals surface area contributed by atoms with E-state index in [-0.39, 0.29) is 11.5 Å². The molecule has 0 atom stereocenters. The van der Waals surface area contributed by atoms with E-state index in [0.717, 1.165) is 16.7 Å². The fourth-order valence-electron chi connectivity index (χ4n) is 2.56. The van der Waals surface area contributed by atoms with Gasteiger partial charge in [0.15, 0.2) is 11.5 Å². The predicted octanol–water partition coefficient (Wildman–Crippen LogP) is 5.81. The summed E-state index contributed by atoms with van der Waals surface area (Å²) in [6.45, 7) is 3.87. The molecular weight excluding hydrogens is 421 g/mol. The van der Waals surface area contributed by atoms with E-state index in [1.54, 1.807) is 48.6 Å². The fourth-order valence-corrected chi connectivity index (χ4v) is 3.86. The molecule has 0 radical (unpaired) electrons. The van der Waals surface area contributed by atoms with Gasteiger partial charge in [-0.15, -0.1) is 0 Å². The average molecular weight is 436 g/mol. The van der Waals surface area contributed by atoms with Crippen molar-refractivity contribution < 1.29 is 19.1 Å². The number of imide groups is 1. The zero-order valence-corrected chi connectivity index (χ0v) is 17.1. The Morgan fingerprint density at radius 2 is 2.00 bits per heavy atom. The molecule has 0 unspecified atom stereocenters. The minimum absolute atomic E-state index is 0.267. The number of rotatable bonds is 6. The van der Waals surface area contributed by atoms with E-state index >= 15 is 0 Å². The van der Waals surface area contributed by atoms with Crippen molar-refractivity contribution in [2.24, 2.45) is 0 Å². The van der Waals surface area contributed by atoms with Gasteiger partial charge < -0.3 is 9.47 Å². The summed E-state index contributed by atoms with van der Waals surface area (Å²) in [7, 11) is 1.49. The Balaban J connectivity index is 1.93. The van der Waals surface area contributed by atoms with Crippen LogP contribution in [0.2, 0.25) is 10.0 Å². The number of nitrogens with zero attached hydrogens (tertiary/aromatic N) is 1. The van der Waals surface area contributed by atoms with Crippen molar-refractivity contribution in [3.8, 4) is 11.5 Å². The van der Waals surface area contributed by atoms with Crippen molar-refractivity contribution in [3.05, 3.63) is 69.6 Å². The number of methoxy groups -OCH3 is 1. The molecule has 144 valence electrons. The van der Waals surface area contributed by atoms with Gasteiger partial charge in [-0.05, 0) is 53.7 Å². The SMILES string of the molecule is C=CCOc1c(Cl)cc(/C=C2\SC(=O)N(c3cccc(Cl)c3)C2=O)cc1OC. The second-order valence-electron chi connectivity index (χ2n) is 5.63. The first kappa shape index (κ1) is 20.3. The van der Waals surface area contributed by atoms with Gasteiger partial charge in [0.05, 0.1) is 22.7 Å². The third kappa shape index (κ3) is 4.19. The smallest absolute Gasteiger partial charge is 0.298 e. The molecule has 1 aliphatic rings. The molecule has 2 amide bonds. The summed E-state index contributed by atoms with van der Waals surface area (Å²) >= 11 is 13.1. The lowest BCUT2D eigenvalue weighted by atomic mass is 10.1. The van der Waals surface area contributed by atoms with Crippen LogP contribution in [0.5, 0.6) is 11.5 Å². The zero-order valence-electron chi connectivity index (χ0n) is 14.8. The molecule has 1 saturated heterocycles. The molecule has 0 bridgehead atoms. The maximum absolute atomic E-state index is 12.8. The fraction of sp³-hybridized carbons (Fsp3) is 0.100. The van der Waals surface area contributed by atoms with Gasteiger partial charge in [-0.3, -0.25) is 9.59 Å². The van der Waals surface area contributed by atoms with Crippen LogP contribution in [-0.2, 0) is 4.79 Å². The Kier molecular flexibility index (Phi) is 6.34. The second kappa shape index (κ2) is 8.73. The molecular formula is C20H15Cl2NO4S. The molecule has 2 aromatic carbocycles. The number of amides is 2. The Hall–Kier alpha value is -2.41. The molecule has 1 heterocycles. The van der Waals surface area contributed by atoms with Crippen molar-refractivity contribution in [3.63, 3.8) is 0 Å². The minimum atomic E-state index is -0.431. The molecule has 1 fully saturated rings. The predicted molar refractivity (Wildman–Crippen MR) is 114 cm³/mol. The second-order valence-corrected chi connectivity index (χ2v) is 7.47. The number of benzene rings is 2. The quantitative estimate of drug-likeness (QED) is 0.423. The highest BCUT2D eigenvalue weighted by Gasteiger charge is 2.36. The van der Waals surface area contributed by atoms with Crippen LogP contribution >= 0.6 is 35.0 Å². The van der Waals surface area contributed by atoms with Crippen molar-refractivity contribution in [2.45, 2.75) is 0 Å². The van der Waals surface area contributed by atoms with Crippen LogP contribution in [-0.4, -0.2) is 24.9 Å². The lowest BCUT2D eigenvalue weighted by molar-refractivity contribution is -0.113. The topological polar surface area (TPSA) is 55.8 Å². The Morgan fingerprint density at radius 1 is 1.21 bits per heavy atom. The first-order chi connectivity index (χ1) is 13.4. The third-order valence-corrected chi connectivity index (χ3v) is 5.14. The highest BCUT2D eigenvalue weighted by atomic mass is 35.5. The molecule has 0 aliphatic carbocycles. The van der Waals surface area contributed by atoms with E-state index in [2.05, 4.69) is 6.58 Å². The third-order valence-electron chi connectivity index (χ3n) is 3.76. The van der Waals surface area contributed by atoms with Gasteiger partial charge in [-0.1, -0.05) is 41.9 Å². The summed E-state index contributed by atoms with van der Waals surface area (Å²) in [5.74, 6) is 0.363. The summed E-state index contributed by atoms with van der Waals surface area (Å²) in [6.07, 6.45) is 3.18. The molecule has 0 N–H and O–H groups in total. The summed E-state index contributed by atoms with van der Waals surface area (Å²) < 4.78 is 10.8. The standard InChI is InChI=1S/C20H15Cl2NO4S/c1-3-7-27-18-15(22)8-12(9-16(18)26-2)10-17-19(24)23(20(25)28-17)14-6-4-5-13(21)11-14/h3-6,8-11H,1,7H2,2H3/b17-10-. The van der Waals surface area contributed by atoms with Gasteiger partial charge in [0.1, 0.15) is 6.61 Å². The Morgan fingerprint density at radius 3 is 2.68 bits per heavy atom. The monoisotopic (exact) mass is 435 g/mol. The zero-order chi connectivity index (χ0) is 20.3. The molecule has 0 aromatic heterocycles. The van der Waals surface area contributed by atoms with E-state index in [0.29, 0.717) is 32.8 Å². The largest absolute Gasteiger partial charge is 0.493 e. The number of halogens is 2. The van der Waals surface area contributed by atoms with Gasteiger partial charge in [-0.2, -0.15) is 0 Å². The van der Waals surface area contributed by atoms with E-state index < -0.39 is 11.1 Å². The van der Waals surface area contributed by atoms with E-state index in [4.69, 9.17) is 32.7 Å². The van der Waals surface area contributed by atoms with Crippen molar-refractivity contribution in [1.82, 2.24) is 0 Å². The van der Waals surface area contributed by atoms with Gasteiger partial charge in [0.2, 0.25) is 0 Å². The molecule has 2 aromatic rings. The maximum Gasteiger partial charge on any atom is 0.298 e. The van der Waals surface area contributed by atoms with Crippen LogP contribution in [0.1, 0.15) is 5.56 Å². The van der Waals surface area contributed by atoms with Crippen molar-refractivity contribution in [1.29, 1.82) is 0 Å². The lowest BCUT2D eigenvalue weighted by Gasteiger charge is -2.13. The average Bonchev–Trinajstić information content (AvgIpc) is 2.93. The number of hydrogen-bond donors (Lipinski definition) is 0. The summed E-state index contributed by atoms with van der Waals surface area (Å²) in [4.78, 5) is 26.5. The summed E-state index contributed by atoms with van der Waals surface area (Å²) in [5.41, 5.74) is 1.02. The molecule has 28 heavy (non-hydrogen) atoms. The highest BCUT2D eigenvalue weighted by molar-refractivity contribution is 8.19. The first-order valence-electron chi connectivity index (χ1n) is 8.09. The Bertz CT molecular complexity index is 990. The van der Waals surface area contributed by atoms with E-state index in [1.807, 2.05) is 0 Å². The van der Waals surface area contributed by atoms with Crippen LogP contribution in [0.25, 0.3) is 6.08 Å². The van der Waals surface area contributed by atoms with Gasteiger partial charge in [0, 0.05) is 5.02 Å².